The fourth-order valence-corrected chi connectivity index (χ4v) is 3.04. The number of hydrogen-bond acceptors (Lipinski definition) is 2. The number of nitrogens with zero attached hydrogens (tertiary/aromatic N) is 1. The number of fused-ring (bicyclic) bond motifs is 1. The molecule has 0 N–H and O–H groups in total. The molecule has 0 unspecified atom stereocenters. The molecular formula is C18H21NO2. The van der Waals surface area contributed by atoms with Crippen molar-refractivity contribution in [2.75, 3.05) is 26.8 Å². The van der Waals surface area contributed by atoms with Gasteiger partial charge in [0.1, 0.15) is 0 Å². The molecule has 3 nitrogen and oxygen atoms in total. The molecule has 1 heterocycles. The molecule has 0 aliphatic carbocycles. The number of rotatable bonds is 3. The highest BCUT2D eigenvalue weighted by Crippen LogP contribution is 2.21. The maximum atomic E-state index is 12.6. The average molecular weight is 283 g/mol. The molecule has 1 fully saturated rings. The molecule has 2 aromatic carbocycles. The summed E-state index contributed by atoms with van der Waals surface area (Å²) < 4.78 is 5.21. The second-order valence-corrected chi connectivity index (χ2v) is 5.75. The molecule has 0 spiro atoms. The van der Waals surface area contributed by atoms with Crippen LogP contribution in [0.3, 0.4) is 0 Å². The molecule has 0 bridgehead atoms. The van der Waals surface area contributed by atoms with Gasteiger partial charge >= 0.3 is 0 Å². The molecule has 0 atom stereocenters. The van der Waals surface area contributed by atoms with Crippen LogP contribution in [0.25, 0.3) is 10.8 Å². The Morgan fingerprint density at radius 2 is 1.86 bits per heavy atom. The van der Waals surface area contributed by atoms with E-state index in [0.29, 0.717) is 5.92 Å². The minimum absolute atomic E-state index is 0.150. The minimum Gasteiger partial charge on any atom is -0.384 e. The fraction of sp³-hybridized carbons (Fsp3) is 0.389. The van der Waals surface area contributed by atoms with Crippen molar-refractivity contribution < 1.29 is 9.53 Å². The van der Waals surface area contributed by atoms with Gasteiger partial charge in [-0.05, 0) is 41.7 Å². The number of ether oxygens (including phenoxy) is 1. The maximum absolute atomic E-state index is 12.6. The second-order valence-electron chi connectivity index (χ2n) is 5.75. The molecule has 2 aromatic rings. The van der Waals surface area contributed by atoms with E-state index in [1.54, 1.807) is 7.11 Å². The van der Waals surface area contributed by atoms with Gasteiger partial charge in [-0.1, -0.05) is 30.3 Å². The molecule has 1 saturated heterocycles. The van der Waals surface area contributed by atoms with Gasteiger partial charge in [-0.3, -0.25) is 4.79 Å². The molecule has 0 saturated carbocycles. The Hall–Kier alpha value is -1.87. The van der Waals surface area contributed by atoms with E-state index >= 15 is 0 Å². The van der Waals surface area contributed by atoms with E-state index in [-0.39, 0.29) is 5.91 Å². The Kier molecular flexibility index (Phi) is 4.20. The number of benzene rings is 2. The van der Waals surface area contributed by atoms with Crippen LogP contribution >= 0.6 is 0 Å². The summed E-state index contributed by atoms with van der Waals surface area (Å²) in [5.41, 5.74) is 0.791. The van der Waals surface area contributed by atoms with Gasteiger partial charge in [0.15, 0.2) is 0 Å². The highest BCUT2D eigenvalue weighted by atomic mass is 16.5. The summed E-state index contributed by atoms with van der Waals surface area (Å²) in [6.45, 7) is 2.47. The van der Waals surface area contributed by atoms with Gasteiger partial charge in [0.2, 0.25) is 0 Å². The number of methoxy groups -OCH3 is 1. The van der Waals surface area contributed by atoms with Gasteiger partial charge in [0, 0.05) is 32.4 Å². The van der Waals surface area contributed by atoms with Gasteiger partial charge in [0.25, 0.3) is 5.91 Å². The fourth-order valence-electron chi connectivity index (χ4n) is 3.04. The van der Waals surface area contributed by atoms with Crippen molar-refractivity contribution in [1.82, 2.24) is 4.90 Å². The zero-order valence-electron chi connectivity index (χ0n) is 12.4. The van der Waals surface area contributed by atoms with E-state index in [1.165, 1.54) is 5.39 Å². The lowest BCUT2D eigenvalue weighted by Gasteiger charge is -2.31. The van der Waals surface area contributed by atoms with Crippen molar-refractivity contribution in [3.63, 3.8) is 0 Å². The van der Waals surface area contributed by atoms with Crippen LogP contribution in [0.2, 0.25) is 0 Å². The molecule has 1 amide bonds. The van der Waals surface area contributed by atoms with Gasteiger partial charge < -0.3 is 9.64 Å². The Bertz CT molecular complexity index is 630. The van der Waals surface area contributed by atoms with E-state index in [4.69, 9.17) is 4.74 Å². The van der Waals surface area contributed by atoms with Crippen LogP contribution in [0.4, 0.5) is 0 Å². The van der Waals surface area contributed by atoms with Crippen molar-refractivity contribution in [3.05, 3.63) is 48.0 Å². The normalized spacial score (nSPS) is 16.3. The van der Waals surface area contributed by atoms with Crippen LogP contribution in [0.1, 0.15) is 23.2 Å². The predicted octanol–water partition coefficient (Wildman–Crippen LogP) is 3.34. The third kappa shape index (κ3) is 3.08. The smallest absolute Gasteiger partial charge is 0.253 e. The first-order chi connectivity index (χ1) is 10.3. The summed E-state index contributed by atoms with van der Waals surface area (Å²) in [4.78, 5) is 14.6. The Labute approximate surface area is 125 Å². The van der Waals surface area contributed by atoms with Crippen molar-refractivity contribution in [3.8, 4) is 0 Å². The number of amides is 1. The van der Waals surface area contributed by atoms with Gasteiger partial charge in [-0.25, -0.2) is 0 Å². The van der Waals surface area contributed by atoms with E-state index in [1.807, 2.05) is 35.2 Å². The molecule has 1 aliphatic rings. The minimum atomic E-state index is 0.150. The summed E-state index contributed by atoms with van der Waals surface area (Å²) in [6, 6.07) is 14.1. The molecule has 0 radical (unpaired) electrons. The number of likely N-dealkylation sites (tertiary alicyclic amines) is 1. The Morgan fingerprint density at radius 1 is 1.14 bits per heavy atom. The first-order valence-corrected chi connectivity index (χ1v) is 7.55. The molecule has 3 rings (SSSR count). The van der Waals surface area contributed by atoms with E-state index < -0.39 is 0 Å². The SMILES string of the molecule is COCC1CCN(C(=O)c2ccc3ccccc3c2)CC1. The number of carbonyl (C=O) groups is 1. The largest absolute Gasteiger partial charge is 0.384 e. The van der Waals surface area contributed by atoms with Gasteiger partial charge in [-0.15, -0.1) is 0 Å². The predicted molar refractivity (Wildman–Crippen MR) is 84.5 cm³/mol. The first-order valence-electron chi connectivity index (χ1n) is 7.55. The van der Waals surface area contributed by atoms with Crippen molar-refractivity contribution in [2.45, 2.75) is 12.8 Å². The van der Waals surface area contributed by atoms with E-state index in [2.05, 4.69) is 12.1 Å². The number of hydrogen-bond donors (Lipinski definition) is 0. The van der Waals surface area contributed by atoms with E-state index in [9.17, 15) is 4.79 Å². The van der Waals surface area contributed by atoms with Crippen molar-refractivity contribution >= 4 is 16.7 Å². The lowest BCUT2D eigenvalue weighted by atomic mass is 9.97. The summed E-state index contributed by atoms with van der Waals surface area (Å²) in [7, 11) is 1.74. The molecule has 3 heteroatoms. The third-order valence-electron chi connectivity index (χ3n) is 4.30. The third-order valence-corrected chi connectivity index (χ3v) is 4.30. The monoisotopic (exact) mass is 283 g/mol. The lowest BCUT2D eigenvalue weighted by molar-refractivity contribution is 0.0614. The highest BCUT2D eigenvalue weighted by Gasteiger charge is 2.23. The van der Waals surface area contributed by atoms with Crippen LogP contribution in [-0.2, 0) is 4.74 Å². The summed E-state index contributed by atoms with van der Waals surface area (Å²) >= 11 is 0. The van der Waals surface area contributed by atoms with Crippen LogP contribution in [-0.4, -0.2) is 37.6 Å². The zero-order chi connectivity index (χ0) is 14.7. The van der Waals surface area contributed by atoms with Crippen LogP contribution in [0.15, 0.2) is 42.5 Å². The highest BCUT2D eigenvalue weighted by molar-refractivity contribution is 5.98. The Morgan fingerprint density at radius 3 is 2.57 bits per heavy atom. The summed E-state index contributed by atoms with van der Waals surface area (Å²) in [5, 5.41) is 2.30. The molecule has 21 heavy (non-hydrogen) atoms. The molecule has 0 aromatic heterocycles. The second kappa shape index (κ2) is 6.27. The lowest BCUT2D eigenvalue weighted by Crippen LogP contribution is -2.39. The zero-order valence-corrected chi connectivity index (χ0v) is 12.4. The molecule has 110 valence electrons. The molecule has 1 aliphatic heterocycles. The van der Waals surface area contributed by atoms with Gasteiger partial charge in [-0.2, -0.15) is 0 Å². The quantitative estimate of drug-likeness (QED) is 0.864. The van der Waals surface area contributed by atoms with Crippen LogP contribution in [0, 0.1) is 5.92 Å². The van der Waals surface area contributed by atoms with Crippen molar-refractivity contribution in [1.29, 1.82) is 0 Å². The topological polar surface area (TPSA) is 29.5 Å². The van der Waals surface area contributed by atoms with Crippen molar-refractivity contribution in [2.24, 2.45) is 5.92 Å². The number of carbonyl (C=O) groups excluding carboxylic acids is 1. The summed E-state index contributed by atoms with van der Waals surface area (Å²) in [5.74, 6) is 0.743. The summed E-state index contributed by atoms with van der Waals surface area (Å²) in [6.07, 6.45) is 2.07. The first kappa shape index (κ1) is 14.1. The average Bonchev–Trinajstić information content (AvgIpc) is 2.55. The Balaban J connectivity index is 1.72. The standard InChI is InChI=1S/C18H21NO2/c1-21-13-14-8-10-19(11-9-14)18(20)17-7-6-15-4-2-3-5-16(15)12-17/h2-7,12,14H,8-11,13H2,1H3. The van der Waals surface area contributed by atoms with Crippen LogP contribution in [0.5, 0.6) is 0 Å². The van der Waals surface area contributed by atoms with Crippen LogP contribution < -0.4 is 0 Å². The van der Waals surface area contributed by atoms with Gasteiger partial charge in [0.05, 0.1) is 0 Å². The van der Waals surface area contributed by atoms with E-state index in [0.717, 1.165) is 43.5 Å². The molecular weight excluding hydrogens is 262 g/mol. The maximum Gasteiger partial charge on any atom is 0.253 e. The number of piperidine rings is 1.